The molecule has 0 spiro atoms. The zero-order chi connectivity index (χ0) is 19.5. The lowest BCUT2D eigenvalue weighted by molar-refractivity contribution is -0.159. The summed E-state index contributed by atoms with van der Waals surface area (Å²) >= 11 is 0. The first-order valence-electron chi connectivity index (χ1n) is 9.37. The van der Waals surface area contributed by atoms with Crippen LogP contribution in [0.15, 0.2) is 42.5 Å². The maximum Gasteiger partial charge on any atom is 0.414 e. The molecule has 3 rings (SSSR count). The number of nitrogens with zero attached hydrogens (tertiary/aromatic N) is 1. The average molecular weight is 373 g/mol. The lowest BCUT2D eigenvalue weighted by Crippen LogP contribution is -2.26. The van der Waals surface area contributed by atoms with Gasteiger partial charge in [-0.25, -0.2) is 9.59 Å². The van der Waals surface area contributed by atoms with Crippen molar-refractivity contribution in [2.45, 2.75) is 32.1 Å². The topological polar surface area (TPSA) is 87.1 Å². The van der Waals surface area contributed by atoms with Gasteiger partial charge in [0, 0.05) is 11.9 Å². The van der Waals surface area contributed by atoms with Crippen LogP contribution >= 0.6 is 0 Å². The van der Waals surface area contributed by atoms with E-state index in [1.54, 1.807) is 0 Å². The Morgan fingerprint density at radius 3 is 2.19 bits per heavy atom. The molecule has 2 aromatic rings. The van der Waals surface area contributed by atoms with E-state index in [-0.39, 0.29) is 0 Å². The van der Waals surface area contributed by atoms with E-state index in [4.69, 9.17) is 24.5 Å². The van der Waals surface area contributed by atoms with E-state index in [0.717, 1.165) is 18.8 Å². The standard InChI is InChI=1S/C19H25NO.C2H2O4/c1-2-6-14-20(13-5-1)15-8-16-21-19-12-7-10-17-9-3-4-11-18(17)19;3-1(4)2(5)6/h3-4,7,9-12H,1-2,5-6,8,13-16H2;(H,3,4)(H,5,6). The maximum absolute atomic E-state index is 9.10. The van der Waals surface area contributed by atoms with Crippen LogP contribution in [-0.2, 0) is 9.59 Å². The van der Waals surface area contributed by atoms with Crippen LogP contribution in [0.1, 0.15) is 32.1 Å². The molecule has 1 saturated heterocycles. The molecule has 6 heteroatoms. The third-order valence-corrected chi connectivity index (χ3v) is 4.51. The quantitative estimate of drug-likeness (QED) is 0.615. The van der Waals surface area contributed by atoms with Crippen LogP contribution in [0.5, 0.6) is 5.75 Å². The molecule has 0 radical (unpaired) electrons. The fourth-order valence-corrected chi connectivity index (χ4v) is 3.15. The Balaban J connectivity index is 0.000000380. The minimum atomic E-state index is -1.82. The summed E-state index contributed by atoms with van der Waals surface area (Å²) in [6, 6.07) is 14.7. The van der Waals surface area contributed by atoms with Gasteiger partial charge in [-0.05, 0) is 43.8 Å². The summed E-state index contributed by atoms with van der Waals surface area (Å²) in [5.41, 5.74) is 0. The number of aliphatic carboxylic acids is 2. The van der Waals surface area contributed by atoms with Gasteiger partial charge in [-0.15, -0.1) is 0 Å². The average Bonchev–Trinajstić information content (AvgIpc) is 2.94. The molecule has 27 heavy (non-hydrogen) atoms. The SMILES string of the molecule is O=C(O)C(=O)O.c1ccc2c(OCCCN3CCCCCC3)cccc2c1. The van der Waals surface area contributed by atoms with Crippen LogP contribution < -0.4 is 4.74 Å². The molecule has 146 valence electrons. The van der Waals surface area contributed by atoms with Gasteiger partial charge in [0.25, 0.3) is 0 Å². The summed E-state index contributed by atoms with van der Waals surface area (Å²) in [7, 11) is 0. The number of hydrogen-bond donors (Lipinski definition) is 2. The Labute approximate surface area is 159 Å². The van der Waals surface area contributed by atoms with Gasteiger partial charge in [0.05, 0.1) is 6.61 Å². The van der Waals surface area contributed by atoms with Crippen molar-refractivity contribution in [3.63, 3.8) is 0 Å². The second kappa shape index (κ2) is 11.2. The first kappa shape index (κ1) is 20.7. The summed E-state index contributed by atoms with van der Waals surface area (Å²) in [4.78, 5) is 20.8. The fraction of sp³-hybridized carbons (Fsp3) is 0.429. The molecule has 2 aromatic carbocycles. The number of carboxylic acids is 2. The van der Waals surface area contributed by atoms with E-state index in [2.05, 4.69) is 47.4 Å². The van der Waals surface area contributed by atoms with Crippen molar-refractivity contribution in [2.75, 3.05) is 26.2 Å². The third-order valence-electron chi connectivity index (χ3n) is 4.51. The number of likely N-dealkylation sites (tertiary alicyclic amines) is 1. The molecule has 6 nitrogen and oxygen atoms in total. The van der Waals surface area contributed by atoms with Gasteiger partial charge in [0.2, 0.25) is 0 Å². The fourth-order valence-electron chi connectivity index (χ4n) is 3.15. The van der Waals surface area contributed by atoms with Crippen molar-refractivity contribution < 1.29 is 24.5 Å². The number of carboxylic acid groups (broad SMARTS) is 2. The van der Waals surface area contributed by atoms with Crippen molar-refractivity contribution in [2.24, 2.45) is 0 Å². The van der Waals surface area contributed by atoms with Crippen LogP contribution in [0.25, 0.3) is 10.8 Å². The molecule has 0 aliphatic carbocycles. The Bertz CT molecular complexity index is 721. The van der Waals surface area contributed by atoms with Gasteiger partial charge in [0.1, 0.15) is 5.75 Å². The van der Waals surface area contributed by atoms with Gasteiger partial charge in [-0.2, -0.15) is 0 Å². The van der Waals surface area contributed by atoms with E-state index < -0.39 is 11.9 Å². The molecule has 0 atom stereocenters. The summed E-state index contributed by atoms with van der Waals surface area (Å²) in [5, 5.41) is 17.3. The molecule has 1 aliphatic heterocycles. The Morgan fingerprint density at radius 1 is 0.889 bits per heavy atom. The van der Waals surface area contributed by atoms with Crippen LogP contribution in [0.2, 0.25) is 0 Å². The molecule has 0 aromatic heterocycles. The molecular weight excluding hydrogens is 346 g/mol. The Hall–Kier alpha value is -2.60. The van der Waals surface area contributed by atoms with Crippen molar-refractivity contribution in [3.8, 4) is 5.75 Å². The molecule has 1 heterocycles. The van der Waals surface area contributed by atoms with Crippen molar-refractivity contribution in [1.29, 1.82) is 0 Å². The summed E-state index contributed by atoms with van der Waals surface area (Å²) in [5.74, 6) is -2.63. The van der Waals surface area contributed by atoms with Gasteiger partial charge < -0.3 is 19.8 Å². The first-order valence-corrected chi connectivity index (χ1v) is 9.37. The van der Waals surface area contributed by atoms with Crippen molar-refractivity contribution >= 4 is 22.7 Å². The summed E-state index contributed by atoms with van der Waals surface area (Å²) in [6.07, 6.45) is 6.66. The molecule has 0 amide bonds. The van der Waals surface area contributed by atoms with Gasteiger partial charge in [-0.1, -0.05) is 49.2 Å². The predicted octanol–water partition coefficient (Wildman–Crippen LogP) is 3.64. The van der Waals surface area contributed by atoms with Gasteiger partial charge >= 0.3 is 11.9 Å². The highest BCUT2D eigenvalue weighted by molar-refractivity contribution is 6.27. The van der Waals surface area contributed by atoms with Gasteiger partial charge in [0.15, 0.2) is 0 Å². The number of ether oxygens (including phenoxy) is 1. The number of benzene rings is 2. The van der Waals surface area contributed by atoms with E-state index in [0.29, 0.717) is 0 Å². The van der Waals surface area contributed by atoms with Crippen molar-refractivity contribution in [1.82, 2.24) is 4.90 Å². The van der Waals surface area contributed by atoms with E-state index in [1.165, 1.54) is 56.1 Å². The van der Waals surface area contributed by atoms with Crippen LogP contribution in [-0.4, -0.2) is 53.3 Å². The third kappa shape index (κ3) is 7.27. The normalized spacial score (nSPS) is 14.7. The summed E-state index contributed by atoms with van der Waals surface area (Å²) < 4.78 is 6.01. The van der Waals surface area contributed by atoms with Crippen LogP contribution in [0.3, 0.4) is 0 Å². The molecule has 0 bridgehead atoms. The van der Waals surface area contributed by atoms with E-state index in [1.807, 2.05) is 0 Å². The second-order valence-corrected chi connectivity index (χ2v) is 6.55. The minimum absolute atomic E-state index is 0.810. The highest BCUT2D eigenvalue weighted by Gasteiger charge is 2.08. The molecule has 1 fully saturated rings. The molecule has 0 unspecified atom stereocenters. The molecule has 1 aliphatic rings. The Morgan fingerprint density at radius 2 is 1.52 bits per heavy atom. The highest BCUT2D eigenvalue weighted by Crippen LogP contribution is 2.25. The Kier molecular flexibility index (Phi) is 8.58. The van der Waals surface area contributed by atoms with Crippen LogP contribution in [0, 0.1) is 0 Å². The zero-order valence-electron chi connectivity index (χ0n) is 15.5. The minimum Gasteiger partial charge on any atom is -0.493 e. The first-order chi connectivity index (χ1) is 13.1. The lowest BCUT2D eigenvalue weighted by atomic mass is 10.1. The second-order valence-electron chi connectivity index (χ2n) is 6.55. The summed E-state index contributed by atoms with van der Waals surface area (Å²) in [6.45, 7) is 4.53. The lowest BCUT2D eigenvalue weighted by Gasteiger charge is -2.19. The number of hydrogen-bond acceptors (Lipinski definition) is 4. The van der Waals surface area contributed by atoms with E-state index >= 15 is 0 Å². The van der Waals surface area contributed by atoms with Crippen LogP contribution in [0.4, 0.5) is 0 Å². The number of fused-ring (bicyclic) bond motifs is 1. The predicted molar refractivity (Wildman–Crippen MR) is 104 cm³/mol. The monoisotopic (exact) mass is 373 g/mol. The number of rotatable bonds is 5. The molecular formula is C21H27NO5. The van der Waals surface area contributed by atoms with Crippen molar-refractivity contribution in [3.05, 3.63) is 42.5 Å². The largest absolute Gasteiger partial charge is 0.493 e. The highest BCUT2D eigenvalue weighted by atomic mass is 16.5. The van der Waals surface area contributed by atoms with Gasteiger partial charge in [-0.3, -0.25) is 0 Å². The van der Waals surface area contributed by atoms with E-state index in [9.17, 15) is 0 Å². The smallest absolute Gasteiger partial charge is 0.414 e. The number of carbonyl (C=O) groups is 2. The maximum atomic E-state index is 9.10. The molecule has 0 saturated carbocycles. The molecule has 2 N–H and O–H groups in total. The zero-order valence-corrected chi connectivity index (χ0v) is 15.5.